The molecule has 6 nitrogen and oxygen atoms in total. The van der Waals surface area contributed by atoms with Gasteiger partial charge in [0.2, 0.25) is 6.79 Å². The third-order valence-electron chi connectivity index (χ3n) is 4.07. The van der Waals surface area contributed by atoms with Crippen LogP contribution in [0.4, 0.5) is 23.7 Å². The van der Waals surface area contributed by atoms with Crippen molar-refractivity contribution in [1.82, 2.24) is 5.32 Å². The quantitative estimate of drug-likeness (QED) is 0.757. The van der Waals surface area contributed by atoms with Gasteiger partial charge in [0, 0.05) is 0 Å². The number of halogens is 3. The molecule has 27 heavy (non-hydrogen) atoms. The standard InChI is InChI=1S/C18H17F3N2O4/c1-17(25,11-6-7-14-15(8-11)27-10-26-14)9-22-16(24)23-13-5-3-2-4-12(13)18(19,20)21/h2-8,25H,9-10H2,1H3,(H2,22,23,24)/t17-/m1/s1. The molecular weight excluding hydrogens is 365 g/mol. The molecule has 0 saturated heterocycles. The van der Waals surface area contributed by atoms with Gasteiger partial charge in [-0.25, -0.2) is 4.79 Å². The van der Waals surface area contributed by atoms with Crippen LogP contribution in [-0.2, 0) is 11.8 Å². The van der Waals surface area contributed by atoms with Crippen LogP contribution in [-0.4, -0.2) is 24.5 Å². The molecular formula is C18H17F3N2O4. The van der Waals surface area contributed by atoms with E-state index in [1.807, 2.05) is 0 Å². The topological polar surface area (TPSA) is 79.8 Å². The highest BCUT2D eigenvalue weighted by atomic mass is 19.4. The minimum Gasteiger partial charge on any atom is -0.454 e. The van der Waals surface area contributed by atoms with E-state index in [2.05, 4.69) is 10.6 Å². The summed E-state index contributed by atoms with van der Waals surface area (Å²) in [7, 11) is 0. The lowest BCUT2D eigenvalue weighted by molar-refractivity contribution is -0.136. The van der Waals surface area contributed by atoms with Gasteiger partial charge in [-0.2, -0.15) is 13.2 Å². The Labute approximate surface area is 152 Å². The van der Waals surface area contributed by atoms with Crippen molar-refractivity contribution in [1.29, 1.82) is 0 Å². The number of alkyl halides is 3. The highest BCUT2D eigenvalue weighted by Gasteiger charge is 2.34. The molecule has 0 aromatic heterocycles. The molecule has 0 bridgehead atoms. The van der Waals surface area contributed by atoms with E-state index in [4.69, 9.17) is 9.47 Å². The number of hydrogen-bond donors (Lipinski definition) is 3. The van der Waals surface area contributed by atoms with Crippen LogP contribution < -0.4 is 20.1 Å². The Hall–Kier alpha value is -2.94. The maximum atomic E-state index is 13.0. The Morgan fingerprint density at radius 3 is 2.59 bits per heavy atom. The third-order valence-corrected chi connectivity index (χ3v) is 4.07. The first-order chi connectivity index (χ1) is 12.7. The van der Waals surface area contributed by atoms with E-state index in [9.17, 15) is 23.1 Å². The number of para-hydroxylation sites is 1. The van der Waals surface area contributed by atoms with Gasteiger partial charge < -0.3 is 25.2 Å². The van der Waals surface area contributed by atoms with E-state index in [0.717, 1.165) is 12.1 Å². The van der Waals surface area contributed by atoms with Gasteiger partial charge in [-0.3, -0.25) is 0 Å². The smallest absolute Gasteiger partial charge is 0.418 e. The normalized spacial score (nSPS) is 15.1. The molecule has 0 aliphatic carbocycles. The fourth-order valence-electron chi connectivity index (χ4n) is 2.59. The number of aliphatic hydroxyl groups is 1. The van der Waals surface area contributed by atoms with Crippen LogP contribution in [0.5, 0.6) is 11.5 Å². The predicted octanol–water partition coefficient (Wildman–Crippen LogP) is 3.46. The third kappa shape index (κ3) is 4.25. The molecule has 1 heterocycles. The van der Waals surface area contributed by atoms with Gasteiger partial charge in [-0.15, -0.1) is 0 Å². The van der Waals surface area contributed by atoms with Crippen molar-refractivity contribution >= 4 is 11.7 Å². The summed E-state index contributed by atoms with van der Waals surface area (Å²) in [6.07, 6.45) is -4.60. The molecule has 2 aromatic rings. The summed E-state index contributed by atoms with van der Waals surface area (Å²) in [6.45, 7) is 1.32. The summed E-state index contributed by atoms with van der Waals surface area (Å²) in [5.41, 5.74) is -2.34. The van der Waals surface area contributed by atoms with Crippen LogP contribution in [0.2, 0.25) is 0 Å². The summed E-state index contributed by atoms with van der Waals surface area (Å²) in [5, 5.41) is 15.1. The zero-order valence-corrected chi connectivity index (χ0v) is 14.3. The van der Waals surface area contributed by atoms with Crippen molar-refractivity contribution in [2.24, 2.45) is 0 Å². The lowest BCUT2D eigenvalue weighted by atomic mass is 9.95. The Kier molecular flexibility index (Phi) is 4.88. The first kappa shape index (κ1) is 18.8. The number of anilines is 1. The summed E-state index contributed by atoms with van der Waals surface area (Å²) in [5.74, 6) is 1.01. The molecule has 2 aromatic carbocycles. The summed E-state index contributed by atoms with van der Waals surface area (Å²) >= 11 is 0. The number of hydrogen-bond acceptors (Lipinski definition) is 4. The first-order valence-corrected chi connectivity index (χ1v) is 8.00. The van der Waals surface area contributed by atoms with Crippen LogP contribution in [0.15, 0.2) is 42.5 Å². The van der Waals surface area contributed by atoms with Gasteiger partial charge in [0.25, 0.3) is 0 Å². The average molecular weight is 382 g/mol. The van der Waals surface area contributed by atoms with Gasteiger partial charge >= 0.3 is 12.2 Å². The van der Waals surface area contributed by atoms with Gasteiger partial charge in [-0.1, -0.05) is 18.2 Å². The molecule has 3 N–H and O–H groups in total. The molecule has 1 aliphatic rings. The number of fused-ring (bicyclic) bond motifs is 1. The molecule has 9 heteroatoms. The molecule has 1 atom stereocenters. The van der Waals surface area contributed by atoms with Crippen molar-refractivity contribution in [3.63, 3.8) is 0 Å². The van der Waals surface area contributed by atoms with E-state index in [0.29, 0.717) is 17.1 Å². The molecule has 0 radical (unpaired) electrons. The number of urea groups is 1. The maximum Gasteiger partial charge on any atom is 0.418 e. The zero-order chi connectivity index (χ0) is 19.7. The lowest BCUT2D eigenvalue weighted by Gasteiger charge is -2.24. The second kappa shape index (κ2) is 6.99. The van der Waals surface area contributed by atoms with Crippen LogP contribution in [0.25, 0.3) is 0 Å². The highest BCUT2D eigenvalue weighted by molar-refractivity contribution is 5.90. The number of carbonyl (C=O) groups is 1. The molecule has 3 rings (SSSR count). The number of ether oxygens (including phenoxy) is 2. The van der Waals surface area contributed by atoms with E-state index < -0.39 is 23.4 Å². The summed E-state index contributed by atoms with van der Waals surface area (Å²) in [4.78, 5) is 12.0. The van der Waals surface area contributed by atoms with E-state index in [-0.39, 0.29) is 19.0 Å². The van der Waals surface area contributed by atoms with Gasteiger partial charge in [0.1, 0.15) is 5.60 Å². The highest BCUT2D eigenvalue weighted by Crippen LogP contribution is 2.36. The van der Waals surface area contributed by atoms with Crippen LogP contribution >= 0.6 is 0 Å². The molecule has 0 saturated carbocycles. The number of benzene rings is 2. The largest absolute Gasteiger partial charge is 0.454 e. The predicted molar refractivity (Wildman–Crippen MR) is 90.6 cm³/mol. The van der Waals surface area contributed by atoms with Crippen LogP contribution in [0.3, 0.4) is 0 Å². The number of amides is 2. The first-order valence-electron chi connectivity index (χ1n) is 8.00. The minimum absolute atomic E-state index is 0.0835. The zero-order valence-electron chi connectivity index (χ0n) is 14.3. The van der Waals surface area contributed by atoms with Crippen molar-refractivity contribution in [2.75, 3.05) is 18.7 Å². The molecule has 2 amide bonds. The second-order valence-corrected chi connectivity index (χ2v) is 6.19. The second-order valence-electron chi connectivity index (χ2n) is 6.19. The van der Waals surface area contributed by atoms with Crippen LogP contribution in [0, 0.1) is 0 Å². The van der Waals surface area contributed by atoms with Crippen molar-refractivity contribution in [2.45, 2.75) is 18.7 Å². The van der Waals surface area contributed by atoms with Gasteiger partial charge in [-0.05, 0) is 36.8 Å². The van der Waals surface area contributed by atoms with E-state index in [1.165, 1.54) is 19.1 Å². The lowest BCUT2D eigenvalue weighted by Crippen LogP contribution is -2.40. The number of nitrogens with one attached hydrogen (secondary N) is 2. The Morgan fingerprint density at radius 1 is 1.15 bits per heavy atom. The fraction of sp³-hybridized carbons (Fsp3) is 0.278. The van der Waals surface area contributed by atoms with Crippen molar-refractivity contribution < 1.29 is 32.5 Å². The molecule has 0 spiro atoms. The Balaban J connectivity index is 1.65. The van der Waals surface area contributed by atoms with Crippen LogP contribution in [0.1, 0.15) is 18.1 Å². The summed E-state index contributed by atoms with van der Waals surface area (Å²) < 4.78 is 49.3. The number of rotatable bonds is 4. The monoisotopic (exact) mass is 382 g/mol. The average Bonchev–Trinajstić information content (AvgIpc) is 3.07. The summed E-state index contributed by atoms with van der Waals surface area (Å²) in [6, 6.07) is 8.60. The Morgan fingerprint density at radius 2 is 1.85 bits per heavy atom. The van der Waals surface area contributed by atoms with Crippen molar-refractivity contribution in [3.05, 3.63) is 53.6 Å². The number of carbonyl (C=O) groups excluding carboxylic acids is 1. The van der Waals surface area contributed by atoms with E-state index in [1.54, 1.807) is 18.2 Å². The maximum absolute atomic E-state index is 13.0. The van der Waals surface area contributed by atoms with Gasteiger partial charge in [0.05, 0.1) is 17.8 Å². The van der Waals surface area contributed by atoms with Gasteiger partial charge in [0.15, 0.2) is 11.5 Å². The molecule has 0 unspecified atom stereocenters. The Bertz CT molecular complexity index is 853. The molecule has 144 valence electrons. The SMILES string of the molecule is C[C@@](O)(CNC(=O)Nc1ccccc1C(F)(F)F)c1ccc2c(c1)OCO2. The molecule has 0 fully saturated rings. The van der Waals surface area contributed by atoms with Crippen molar-refractivity contribution in [3.8, 4) is 11.5 Å². The fourth-order valence-corrected chi connectivity index (χ4v) is 2.59. The molecule has 1 aliphatic heterocycles. The van der Waals surface area contributed by atoms with E-state index >= 15 is 0 Å². The minimum atomic E-state index is -4.60.